The molecule has 1 N–H and O–H groups in total. The Balaban J connectivity index is 1.90. The van der Waals surface area contributed by atoms with Crippen molar-refractivity contribution in [2.45, 2.75) is 33.5 Å². The van der Waals surface area contributed by atoms with Gasteiger partial charge in [0.1, 0.15) is 0 Å². The standard InChI is InChI=1S/C12H19N5/c1-4-17-9-11(10(2)15-17)7-13-8-12-5-6-14-16(12)3/h5-6,9,13H,4,7-8H2,1-3H3. The van der Waals surface area contributed by atoms with E-state index in [1.165, 1.54) is 11.3 Å². The Labute approximate surface area is 101 Å². The fraction of sp³-hybridized carbons (Fsp3) is 0.500. The molecule has 0 radical (unpaired) electrons. The molecule has 0 bridgehead atoms. The van der Waals surface area contributed by atoms with Gasteiger partial charge in [-0.2, -0.15) is 10.2 Å². The van der Waals surface area contributed by atoms with E-state index < -0.39 is 0 Å². The van der Waals surface area contributed by atoms with Crippen LogP contribution in [-0.4, -0.2) is 19.6 Å². The lowest BCUT2D eigenvalue weighted by Gasteiger charge is -2.04. The summed E-state index contributed by atoms with van der Waals surface area (Å²) in [7, 11) is 1.96. The zero-order valence-corrected chi connectivity index (χ0v) is 10.6. The predicted molar refractivity (Wildman–Crippen MR) is 66.4 cm³/mol. The largest absolute Gasteiger partial charge is 0.307 e. The third kappa shape index (κ3) is 2.74. The Bertz CT molecular complexity index is 483. The maximum atomic E-state index is 4.42. The van der Waals surface area contributed by atoms with E-state index in [0.717, 1.165) is 25.3 Å². The van der Waals surface area contributed by atoms with Gasteiger partial charge in [-0.25, -0.2) is 0 Å². The van der Waals surface area contributed by atoms with Gasteiger partial charge >= 0.3 is 0 Å². The number of aryl methyl sites for hydroxylation is 3. The Hall–Kier alpha value is -1.62. The zero-order valence-electron chi connectivity index (χ0n) is 10.6. The molecule has 0 fully saturated rings. The van der Waals surface area contributed by atoms with Crippen molar-refractivity contribution in [3.8, 4) is 0 Å². The van der Waals surface area contributed by atoms with Gasteiger partial charge in [-0.1, -0.05) is 0 Å². The molecular weight excluding hydrogens is 214 g/mol. The summed E-state index contributed by atoms with van der Waals surface area (Å²) in [5, 5.41) is 12.0. The van der Waals surface area contributed by atoms with Gasteiger partial charge in [0, 0.05) is 44.6 Å². The van der Waals surface area contributed by atoms with Crippen LogP contribution in [0.4, 0.5) is 0 Å². The summed E-state index contributed by atoms with van der Waals surface area (Å²) in [6.45, 7) is 6.74. The number of hydrogen-bond acceptors (Lipinski definition) is 3. The van der Waals surface area contributed by atoms with Crippen molar-refractivity contribution in [3.05, 3.63) is 35.4 Å². The monoisotopic (exact) mass is 233 g/mol. The molecule has 17 heavy (non-hydrogen) atoms. The van der Waals surface area contributed by atoms with E-state index in [0.29, 0.717) is 0 Å². The molecule has 0 aromatic carbocycles. The molecule has 2 aromatic rings. The average molecular weight is 233 g/mol. The molecule has 2 rings (SSSR count). The summed E-state index contributed by atoms with van der Waals surface area (Å²) in [6.07, 6.45) is 3.92. The summed E-state index contributed by atoms with van der Waals surface area (Å²) >= 11 is 0. The SMILES string of the molecule is CCn1cc(CNCc2ccnn2C)c(C)n1. The van der Waals surface area contributed by atoms with Gasteiger partial charge in [-0.05, 0) is 19.9 Å². The van der Waals surface area contributed by atoms with Crippen LogP contribution in [-0.2, 0) is 26.7 Å². The van der Waals surface area contributed by atoms with Gasteiger partial charge in [0.05, 0.1) is 11.4 Å². The van der Waals surface area contributed by atoms with Crippen molar-refractivity contribution in [2.24, 2.45) is 7.05 Å². The van der Waals surface area contributed by atoms with Crippen molar-refractivity contribution in [3.63, 3.8) is 0 Å². The minimum absolute atomic E-state index is 0.827. The molecule has 0 amide bonds. The van der Waals surface area contributed by atoms with Gasteiger partial charge in [-0.15, -0.1) is 0 Å². The summed E-state index contributed by atoms with van der Waals surface area (Å²) in [4.78, 5) is 0. The van der Waals surface area contributed by atoms with E-state index in [4.69, 9.17) is 0 Å². The second kappa shape index (κ2) is 5.14. The van der Waals surface area contributed by atoms with Gasteiger partial charge < -0.3 is 5.32 Å². The van der Waals surface area contributed by atoms with E-state index in [9.17, 15) is 0 Å². The topological polar surface area (TPSA) is 47.7 Å². The lowest BCUT2D eigenvalue weighted by molar-refractivity contribution is 0.624. The summed E-state index contributed by atoms with van der Waals surface area (Å²) in [5.41, 5.74) is 3.55. The van der Waals surface area contributed by atoms with Gasteiger partial charge in [0.2, 0.25) is 0 Å². The fourth-order valence-corrected chi connectivity index (χ4v) is 1.79. The molecule has 5 heteroatoms. The van der Waals surface area contributed by atoms with Gasteiger partial charge in [-0.3, -0.25) is 9.36 Å². The van der Waals surface area contributed by atoms with E-state index in [2.05, 4.69) is 28.6 Å². The molecule has 0 saturated heterocycles. The van der Waals surface area contributed by atoms with E-state index in [-0.39, 0.29) is 0 Å². The first-order valence-corrected chi connectivity index (χ1v) is 5.91. The third-order valence-corrected chi connectivity index (χ3v) is 2.92. The fourth-order valence-electron chi connectivity index (χ4n) is 1.79. The minimum Gasteiger partial charge on any atom is -0.307 e. The van der Waals surface area contributed by atoms with Crippen LogP contribution in [0.3, 0.4) is 0 Å². The number of nitrogens with zero attached hydrogens (tertiary/aromatic N) is 4. The van der Waals surface area contributed by atoms with Crippen LogP contribution in [0.1, 0.15) is 23.9 Å². The molecule has 0 aliphatic carbocycles. The van der Waals surface area contributed by atoms with Crippen molar-refractivity contribution in [1.29, 1.82) is 0 Å². The van der Waals surface area contributed by atoms with Crippen molar-refractivity contribution < 1.29 is 0 Å². The second-order valence-corrected chi connectivity index (χ2v) is 4.15. The highest BCUT2D eigenvalue weighted by Crippen LogP contribution is 2.05. The van der Waals surface area contributed by atoms with Crippen LogP contribution in [0.25, 0.3) is 0 Å². The maximum Gasteiger partial charge on any atom is 0.0638 e. The van der Waals surface area contributed by atoms with E-state index >= 15 is 0 Å². The highest BCUT2D eigenvalue weighted by molar-refractivity contribution is 5.15. The van der Waals surface area contributed by atoms with E-state index in [1.54, 1.807) is 0 Å². The molecule has 0 aliphatic heterocycles. The molecule has 0 saturated carbocycles. The van der Waals surface area contributed by atoms with E-state index in [1.807, 2.05) is 35.6 Å². The molecular formula is C12H19N5. The number of aromatic nitrogens is 4. The predicted octanol–water partition coefficient (Wildman–Crippen LogP) is 1.23. The molecule has 5 nitrogen and oxygen atoms in total. The Morgan fingerprint density at radius 1 is 1.35 bits per heavy atom. The van der Waals surface area contributed by atoms with Crippen molar-refractivity contribution in [2.75, 3.05) is 0 Å². The molecule has 2 heterocycles. The third-order valence-electron chi connectivity index (χ3n) is 2.92. The number of nitrogens with one attached hydrogen (secondary N) is 1. The number of rotatable bonds is 5. The van der Waals surface area contributed by atoms with Crippen molar-refractivity contribution in [1.82, 2.24) is 24.9 Å². The molecule has 0 atom stereocenters. The lowest BCUT2D eigenvalue weighted by Crippen LogP contribution is -2.15. The normalized spacial score (nSPS) is 11.0. The average Bonchev–Trinajstić information content (AvgIpc) is 2.87. The first kappa shape index (κ1) is 11.9. The quantitative estimate of drug-likeness (QED) is 0.845. The minimum atomic E-state index is 0.827. The van der Waals surface area contributed by atoms with Gasteiger partial charge in [0.15, 0.2) is 0 Å². The molecule has 2 aromatic heterocycles. The summed E-state index contributed by atoms with van der Waals surface area (Å²) in [6, 6.07) is 2.02. The summed E-state index contributed by atoms with van der Waals surface area (Å²) < 4.78 is 3.85. The maximum absolute atomic E-state index is 4.42. The zero-order chi connectivity index (χ0) is 12.3. The Morgan fingerprint density at radius 3 is 2.76 bits per heavy atom. The van der Waals surface area contributed by atoms with Crippen LogP contribution >= 0.6 is 0 Å². The highest BCUT2D eigenvalue weighted by atomic mass is 15.3. The second-order valence-electron chi connectivity index (χ2n) is 4.15. The first-order valence-electron chi connectivity index (χ1n) is 5.91. The Kier molecular flexibility index (Phi) is 3.58. The lowest BCUT2D eigenvalue weighted by atomic mass is 10.2. The van der Waals surface area contributed by atoms with Crippen LogP contribution in [0, 0.1) is 6.92 Å². The summed E-state index contributed by atoms with van der Waals surface area (Å²) in [5.74, 6) is 0. The molecule has 92 valence electrons. The molecule has 0 unspecified atom stereocenters. The highest BCUT2D eigenvalue weighted by Gasteiger charge is 2.04. The van der Waals surface area contributed by atoms with Crippen LogP contribution in [0.15, 0.2) is 18.5 Å². The first-order chi connectivity index (χ1) is 8.20. The number of hydrogen-bond donors (Lipinski definition) is 1. The molecule has 0 spiro atoms. The molecule has 0 aliphatic rings. The van der Waals surface area contributed by atoms with Crippen LogP contribution in [0.5, 0.6) is 0 Å². The Morgan fingerprint density at radius 2 is 2.18 bits per heavy atom. The van der Waals surface area contributed by atoms with Crippen LogP contribution < -0.4 is 5.32 Å². The van der Waals surface area contributed by atoms with Gasteiger partial charge in [0.25, 0.3) is 0 Å². The smallest absolute Gasteiger partial charge is 0.0638 e. The van der Waals surface area contributed by atoms with Crippen molar-refractivity contribution >= 4 is 0 Å². The van der Waals surface area contributed by atoms with Crippen LogP contribution in [0.2, 0.25) is 0 Å².